The number of hydrogen-bond donors (Lipinski definition) is 0. The number of anilines is 1. The largest absolute Gasteiger partial charge is 0.348 e. The minimum atomic E-state index is -0.280. The van der Waals surface area contributed by atoms with Gasteiger partial charge in [-0.15, -0.1) is 0 Å². The van der Waals surface area contributed by atoms with Gasteiger partial charge in [0.1, 0.15) is 5.82 Å². The van der Waals surface area contributed by atoms with Gasteiger partial charge in [-0.2, -0.15) is 0 Å². The van der Waals surface area contributed by atoms with E-state index in [0.717, 1.165) is 19.5 Å². The summed E-state index contributed by atoms with van der Waals surface area (Å²) in [7, 11) is 0. The highest BCUT2D eigenvalue weighted by atomic mass is 19.1. The minimum absolute atomic E-state index is 0.237. The van der Waals surface area contributed by atoms with E-state index in [-0.39, 0.29) is 17.7 Å². The number of fused-ring (bicyclic) bond motifs is 2. The molecule has 2 aliphatic rings. The third-order valence-corrected chi connectivity index (χ3v) is 4.55. The van der Waals surface area contributed by atoms with Crippen LogP contribution in [-0.4, -0.2) is 40.0 Å². The summed E-state index contributed by atoms with van der Waals surface area (Å²) in [6.45, 7) is 2.02. The van der Waals surface area contributed by atoms with Crippen LogP contribution in [0.1, 0.15) is 12.1 Å². The first kappa shape index (κ1) is 13.6. The Bertz CT molecular complexity index is 693. The number of halogens is 2. The summed E-state index contributed by atoms with van der Waals surface area (Å²) < 4.78 is 27.6. The average Bonchev–Trinajstić information content (AvgIpc) is 3.10. The zero-order valence-electron chi connectivity index (χ0n) is 12.0. The summed E-state index contributed by atoms with van der Waals surface area (Å²) in [5, 5.41) is 0. The Balaban J connectivity index is 1.49. The van der Waals surface area contributed by atoms with Crippen molar-refractivity contribution in [1.29, 1.82) is 0 Å². The fraction of sp³-hybridized carbons (Fsp3) is 0.375. The molecule has 4 nitrogen and oxygen atoms in total. The normalized spacial score (nSPS) is 24.2. The number of likely N-dealkylation sites (tertiary alicyclic amines) is 1. The zero-order valence-corrected chi connectivity index (χ0v) is 12.0. The van der Waals surface area contributed by atoms with Crippen molar-refractivity contribution in [3.63, 3.8) is 0 Å². The van der Waals surface area contributed by atoms with Crippen LogP contribution in [-0.2, 0) is 6.54 Å². The van der Waals surface area contributed by atoms with Gasteiger partial charge >= 0.3 is 0 Å². The van der Waals surface area contributed by atoms with Gasteiger partial charge in [0, 0.05) is 44.1 Å². The average molecular weight is 302 g/mol. The standard InChI is InChI=1S/C16H16F2N4/c17-13-3-1-5-19-15(13)10-21-8-12-7-11(21)9-22(12)16-14(18)4-2-6-20-16/h1-6,11-12H,7-10H2. The van der Waals surface area contributed by atoms with E-state index in [1.807, 2.05) is 4.90 Å². The van der Waals surface area contributed by atoms with Crippen molar-refractivity contribution in [2.75, 3.05) is 18.0 Å². The van der Waals surface area contributed by atoms with Crippen molar-refractivity contribution in [3.05, 3.63) is 54.0 Å². The van der Waals surface area contributed by atoms with Gasteiger partial charge in [0.15, 0.2) is 11.6 Å². The van der Waals surface area contributed by atoms with E-state index in [1.54, 1.807) is 24.5 Å². The van der Waals surface area contributed by atoms with Crippen LogP contribution >= 0.6 is 0 Å². The summed E-state index contributed by atoms with van der Waals surface area (Å²) in [6, 6.07) is 6.61. The van der Waals surface area contributed by atoms with Crippen molar-refractivity contribution in [2.24, 2.45) is 0 Å². The zero-order chi connectivity index (χ0) is 15.1. The molecule has 2 fully saturated rings. The quantitative estimate of drug-likeness (QED) is 0.870. The van der Waals surface area contributed by atoms with E-state index in [1.165, 1.54) is 12.1 Å². The van der Waals surface area contributed by atoms with Gasteiger partial charge in [0.2, 0.25) is 0 Å². The van der Waals surface area contributed by atoms with Crippen molar-refractivity contribution >= 4 is 5.82 Å². The van der Waals surface area contributed by atoms with Gasteiger partial charge in [-0.25, -0.2) is 13.8 Å². The molecule has 0 saturated carbocycles. The van der Waals surface area contributed by atoms with Gasteiger partial charge in [-0.05, 0) is 30.7 Å². The second-order valence-corrected chi connectivity index (χ2v) is 5.87. The lowest BCUT2D eigenvalue weighted by atomic mass is 10.2. The van der Waals surface area contributed by atoms with Crippen LogP contribution in [0.4, 0.5) is 14.6 Å². The fourth-order valence-corrected chi connectivity index (χ4v) is 3.52. The highest BCUT2D eigenvalue weighted by Gasteiger charge is 2.44. The maximum atomic E-state index is 13.9. The molecule has 114 valence electrons. The van der Waals surface area contributed by atoms with Crippen LogP contribution < -0.4 is 4.90 Å². The molecule has 0 aliphatic carbocycles. The second kappa shape index (κ2) is 5.28. The van der Waals surface area contributed by atoms with Crippen molar-refractivity contribution in [2.45, 2.75) is 25.0 Å². The van der Waals surface area contributed by atoms with Crippen LogP contribution in [0.15, 0.2) is 36.7 Å². The number of hydrogen-bond acceptors (Lipinski definition) is 4. The molecule has 0 radical (unpaired) electrons. The van der Waals surface area contributed by atoms with Crippen molar-refractivity contribution < 1.29 is 8.78 Å². The molecule has 2 atom stereocenters. The van der Waals surface area contributed by atoms with Gasteiger partial charge in [0.25, 0.3) is 0 Å². The van der Waals surface area contributed by atoms with Gasteiger partial charge in [0.05, 0.1) is 5.69 Å². The highest BCUT2D eigenvalue weighted by Crippen LogP contribution is 2.35. The minimum Gasteiger partial charge on any atom is -0.348 e. The first-order chi connectivity index (χ1) is 10.7. The number of aromatic nitrogens is 2. The highest BCUT2D eigenvalue weighted by molar-refractivity contribution is 5.44. The molecule has 4 rings (SSSR count). The van der Waals surface area contributed by atoms with Gasteiger partial charge in [-0.1, -0.05) is 0 Å². The monoisotopic (exact) mass is 302 g/mol. The predicted octanol–water partition coefficient (Wildman–Crippen LogP) is 2.22. The number of rotatable bonds is 3. The Labute approximate surface area is 127 Å². The Kier molecular flexibility index (Phi) is 3.26. The summed E-state index contributed by atoms with van der Waals surface area (Å²) in [4.78, 5) is 12.5. The summed E-state index contributed by atoms with van der Waals surface area (Å²) in [6.07, 6.45) is 4.19. The molecule has 2 aliphatic heterocycles. The number of pyridine rings is 2. The summed E-state index contributed by atoms with van der Waals surface area (Å²) in [5.74, 6) is -0.117. The molecule has 22 heavy (non-hydrogen) atoms. The molecule has 2 aromatic rings. The molecule has 6 heteroatoms. The van der Waals surface area contributed by atoms with Crippen LogP contribution in [0.3, 0.4) is 0 Å². The molecule has 0 amide bonds. The third-order valence-electron chi connectivity index (χ3n) is 4.55. The van der Waals surface area contributed by atoms with E-state index in [2.05, 4.69) is 14.9 Å². The van der Waals surface area contributed by atoms with E-state index >= 15 is 0 Å². The Morgan fingerprint density at radius 2 is 1.77 bits per heavy atom. The number of nitrogens with zero attached hydrogens (tertiary/aromatic N) is 4. The lowest BCUT2D eigenvalue weighted by Crippen LogP contribution is -2.46. The second-order valence-electron chi connectivity index (χ2n) is 5.87. The Morgan fingerprint density at radius 3 is 2.45 bits per heavy atom. The molecule has 0 spiro atoms. The fourth-order valence-electron chi connectivity index (χ4n) is 3.52. The van der Waals surface area contributed by atoms with E-state index in [4.69, 9.17) is 0 Å². The topological polar surface area (TPSA) is 32.3 Å². The van der Waals surface area contributed by atoms with Crippen LogP contribution in [0.2, 0.25) is 0 Å². The maximum absolute atomic E-state index is 13.9. The molecule has 2 aromatic heterocycles. The Morgan fingerprint density at radius 1 is 1.00 bits per heavy atom. The van der Waals surface area contributed by atoms with E-state index in [0.29, 0.717) is 24.1 Å². The smallest absolute Gasteiger partial charge is 0.165 e. The first-order valence-electron chi connectivity index (χ1n) is 7.43. The van der Waals surface area contributed by atoms with Gasteiger partial charge in [-0.3, -0.25) is 9.88 Å². The van der Waals surface area contributed by atoms with E-state index in [9.17, 15) is 8.78 Å². The van der Waals surface area contributed by atoms with Crippen LogP contribution in [0.25, 0.3) is 0 Å². The van der Waals surface area contributed by atoms with Crippen molar-refractivity contribution in [1.82, 2.24) is 14.9 Å². The van der Waals surface area contributed by atoms with Gasteiger partial charge < -0.3 is 4.90 Å². The summed E-state index contributed by atoms with van der Waals surface area (Å²) >= 11 is 0. The molecule has 0 N–H and O–H groups in total. The van der Waals surface area contributed by atoms with E-state index < -0.39 is 0 Å². The lowest BCUT2D eigenvalue weighted by molar-refractivity contribution is 0.223. The molecule has 4 heterocycles. The molecule has 2 bridgehead atoms. The van der Waals surface area contributed by atoms with Crippen LogP contribution in [0, 0.1) is 11.6 Å². The molecule has 0 aromatic carbocycles. The molecular formula is C16H16F2N4. The third kappa shape index (κ3) is 2.23. The molecular weight excluding hydrogens is 286 g/mol. The van der Waals surface area contributed by atoms with Crippen LogP contribution in [0.5, 0.6) is 0 Å². The molecule has 2 saturated heterocycles. The SMILES string of the molecule is Fc1cccnc1CN1CC2CC1CN2c1ncccc1F. The Hall–Kier alpha value is -2.08. The van der Waals surface area contributed by atoms with Crippen molar-refractivity contribution in [3.8, 4) is 0 Å². The molecule has 2 unspecified atom stereocenters. The number of piperazine rings is 1. The first-order valence-corrected chi connectivity index (χ1v) is 7.43. The predicted molar refractivity (Wildman–Crippen MR) is 78.3 cm³/mol. The lowest BCUT2D eigenvalue weighted by Gasteiger charge is -2.34. The summed E-state index contributed by atoms with van der Waals surface area (Å²) in [5.41, 5.74) is 0.477. The maximum Gasteiger partial charge on any atom is 0.165 e.